The van der Waals surface area contributed by atoms with Crippen LogP contribution in [0.5, 0.6) is 0 Å². The average Bonchev–Trinajstić information content (AvgIpc) is 2.45. The predicted octanol–water partition coefficient (Wildman–Crippen LogP) is 3.98. The summed E-state index contributed by atoms with van der Waals surface area (Å²) in [4.78, 5) is 14.3. The number of hydrogen-bond acceptors (Lipinski definition) is 3. The topological polar surface area (TPSA) is 76.2 Å². The summed E-state index contributed by atoms with van der Waals surface area (Å²) in [6.07, 6.45) is 3.87. The number of nitrogens with two attached hydrogens (primary N) is 1. The van der Waals surface area contributed by atoms with Crippen molar-refractivity contribution in [3.05, 3.63) is 42.1 Å². The van der Waals surface area contributed by atoms with Gasteiger partial charge in [0.05, 0.1) is 5.52 Å². The van der Waals surface area contributed by atoms with E-state index in [4.69, 9.17) is 10.8 Å². The van der Waals surface area contributed by atoms with Gasteiger partial charge in [0.25, 0.3) is 0 Å². The van der Waals surface area contributed by atoms with Crippen LogP contribution in [0.25, 0.3) is 10.9 Å². The Morgan fingerprint density at radius 2 is 2.00 bits per heavy atom. The van der Waals surface area contributed by atoms with Crippen molar-refractivity contribution in [2.75, 3.05) is 0 Å². The third kappa shape index (κ3) is 7.18. The predicted molar refractivity (Wildman–Crippen MR) is 90.6 cm³/mol. The summed E-state index contributed by atoms with van der Waals surface area (Å²) in [5.74, 6) is -0.691. The first-order chi connectivity index (χ1) is 10.3. The lowest BCUT2D eigenvalue weighted by Crippen LogP contribution is -2.05. The van der Waals surface area contributed by atoms with Crippen LogP contribution in [0.3, 0.4) is 0 Å². The largest absolute Gasteiger partial charge is 0.481 e. The molecule has 0 aliphatic carbocycles. The number of aromatic nitrogens is 1. The zero-order valence-corrected chi connectivity index (χ0v) is 13.7. The quantitative estimate of drug-likeness (QED) is 0.895. The molecule has 120 valence electrons. The van der Waals surface area contributed by atoms with E-state index in [1.54, 1.807) is 6.20 Å². The first kappa shape index (κ1) is 18.1. The molecule has 0 aliphatic heterocycles. The van der Waals surface area contributed by atoms with Crippen LogP contribution >= 0.6 is 0 Å². The SMILES string of the molecule is CC(C)(C)CCCC(=O)O.NCc1ccc2ncccc2c1. The smallest absolute Gasteiger partial charge is 0.303 e. The second-order valence-electron chi connectivity index (χ2n) is 6.54. The Balaban J connectivity index is 0.000000225. The molecule has 0 radical (unpaired) electrons. The second-order valence-corrected chi connectivity index (χ2v) is 6.54. The van der Waals surface area contributed by atoms with Gasteiger partial charge in [-0.1, -0.05) is 32.9 Å². The molecule has 2 rings (SSSR count). The highest BCUT2D eigenvalue weighted by Crippen LogP contribution is 2.21. The number of rotatable bonds is 4. The van der Waals surface area contributed by atoms with E-state index < -0.39 is 5.97 Å². The zero-order chi connectivity index (χ0) is 16.6. The van der Waals surface area contributed by atoms with Gasteiger partial charge in [0, 0.05) is 24.5 Å². The van der Waals surface area contributed by atoms with E-state index in [1.165, 1.54) is 0 Å². The molecular weight excluding hydrogens is 276 g/mol. The number of fused-ring (bicyclic) bond motifs is 1. The molecule has 0 unspecified atom stereocenters. The van der Waals surface area contributed by atoms with Crippen LogP contribution in [0.1, 0.15) is 45.6 Å². The Hall–Kier alpha value is -1.94. The van der Waals surface area contributed by atoms with Gasteiger partial charge in [0.1, 0.15) is 0 Å². The second kappa shape index (κ2) is 8.49. The fraction of sp³-hybridized carbons (Fsp3) is 0.444. The maximum absolute atomic E-state index is 10.1. The first-order valence-corrected chi connectivity index (χ1v) is 7.57. The third-order valence-corrected chi connectivity index (χ3v) is 3.22. The van der Waals surface area contributed by atoms with E-state index in [1.807, 2.05) is 24.3 Å². The highest BCUT2D eigenvalue weighted by molar-refractivity contribution is 5.78. The Kier molecular flexibility index (Phi) is 6.99. The molecule has 0 atom stereocenters. The minimum Gasteiger partial charge on any atom is -0.481 e. The summed E-state index contributed by atoms with van der Waals surface area (Å²) in [6, 6.07) is 10.1. The van der Waals surface area contributed by atoms with Crippen molar-refractivity contribution in [1.29, 1.82) is 0 Å². The number of benzene rings is 1. The fourth-order valence-electron chi connectivity index (χ4n) is 2.02. The molecule has 0 fully saturated rings. The Labute approximate surface area is 132 Å². The minimum atomic E-state index is -0.691. The van der Waals surface area contributed by atoms with Crippen LogP contribution < -0.4 is 5.73 Å². The van der Waals surface area contributed by atoms with Crippen LogP contribution in [-0.4, -0.2) is 16.1 Å². The van der Waals surface area contributed by atoms with Gasteiger partial charge >= 0.3 is 5.97 Å². The number of aliphatic carboxylic acids is 1. The molecule has 4 heteroatoms. The summed E-state index contributed by atoms with van der Waals surface area (Å²) >= 11 is 0. The molecule has 0 bridgehead atoms. The highest BCUT2D eigenvalue weighted by Gasteiger charge is 2.09. The lowest BCUT2D eigenvalue weighted by Gasteiger charge is -2.16. The molecule has 0 saturated heterocycles. The number of hydrogen-bond donors (Lipinski definition) is 2. The fourth-order valence-corrected chi connectivity index (χ4v) is 2.02. The van der Waals surface area contributed by atoms with Crippen molar-refractivity contribution in [3.63, 3.8) is 0 Å². The summed E-state index contributed by atoms with van der Waals surface area (Å²) in [7, 11) is 0. The number of nitrogens with zero attached hydrogens (tertiary/aromatic N) is 1. The molecule has 1 aromatic carbocycles. The Morgan fingerprint density at radius 3 is 2.59 bits per heavy atom. The normalized spacial score (nSPS) is 10.9. The molecule has 0 saturated carbocycles. The van der Waals surface area contributed by atoms with Gasteiger partial charge in [0.15, 0.2) is 0 Å². The molecule has 4 nitrogen and oxygen atoms in total. The van der Waals surface area contributed by atoms with Crippen molar-refractivity contribution in [2.24, 2.45) is 11.1 Å². The maximum atomic E-state index is 10.1. The zero-order valence-electron chi connectivity index (χ0n) is 13.7. The number of carboxylic acid groups (broad SMARTS) is 1. The summed E-state index contributed by atoms with van der Waals surface area (Å²) in [6.45, 7) is 6.95. The Morgan fingerprint density at radius 1 is 1.27 bits per heavy atom. The molecule has 3 N–H and O–H groups in total. The van der Waals surface area contributed by atoms with Crippen LogP contribution in [0, 0.1) is 5.41 Å². The van der Waals surface area contributed by atoms with E-state index in [0.717, 1.165) is 29.3 Å². The number of carbonyl (C=O) groups is 1. The first-order valence-electron chi connectivity index (χ1n) is 7.57. The van der Waals surface area contributed by atoms with Gasteiger partial charge in [-0.25, -0.2) is 0 Å². The lowest BCUT2D eigenvalue weighted by molar-refractivity contribution is -0.137. The van der Waals surface area contributed by atoms with Crippen molar-refractivity contribution >= 4 is 16.9 Å². The minimum absolute atomic E-state index is 0.273. The molecule has 0 spiro atoms. The van der Waals surface area contributed by atoms with Crippen LogP contribution in [-0.2, 0) is 11.3 Å². The number of pyridine rings is 1. The van der Waals surface area contributed by atoms with Gasteiger partial charge in [-0.15, -0.1) is 0 Å². The molecule has 1 aromatic heterocycles. The van der Waals surface area contributed by atoms with Crippen molar-refractivity contribution in [3.8, 4) is 0 Å². The summed E-state index contributed by atoms with van der Waals surface area (Å²) in [5, 5.41) is 9.46. The maximum Gasteiger partial charge on any atom is 0.303 e. The van der Waals surface area contributed by atoms with E-state index in [0.29, 0.717) is 13.0 Å². The van der Waals surface area contributed by atoms with Crippen molar-refractivity contribution in [2.45, 2.75) is 46.6 Å². The summed E-state index contributed by atoms with van der Waals surface area (Å²) < 4.78 is 0. The number of carboxylic acids is 1. The van der Waals surface area contributed by atoms with Crippen LogP contribution in [0.4, 0.5) is 0 Å². The Bertz CT molecular complexity index is 603. The lowest BCUT2D eigenvalue weighted by atomic mass is 9.90. The van der Waals surface area contributed by atoms with E-state index in [2.05, 4.69) is 31.8 Å². The van der Waals surface area contributed by atoms with Gasteiger partial charge in [0.2, 0.25) is 0 Å². The van der Waals surface area contributed by atoms with Gasteiger partial charge in [-0.05, 0) is 42.0 Å². The van der Waals surface area contributed by atoms with E-state index >= 15 is 0 Å². The van der Waals surface area contributed by atoms with Gasteiger partial charge in [-0.2, -0.15) is 0 Å². The van der Waals surface area contributed by atoms with Crippen LogP contribution in [0.2, 0.25) is 0 Å². The molecule has 2 aromatic rings. The van der Waals surface area contributed by atoms with Crippen molar-refractivity contribution in [1.82, 2.24) is 4.98 Å². The third-order valence-electron chi connectivity index (χ3n) is 3.22. The van der Waals surface area contributed by atoms with Gasteiger partial charge in [-0.3, -0.25) is 9.78 Å². The monoisotopic (exact) mass is 302 g/mol. The summed E-state index contributed by atoms with van der Waals surface area (Å²) in [5.41, 5.74) is 7.97. The van der Waals surface area contributed by atoms with Gasteiger partial charge < -0.3 is 10.8 Å². The molecular formula is C18H26N2O2. The highest BCUT2D eigenvalue weighted by atomic mass is 16.4. The van der Waals surface area contributed by atoms with Crippen molar-refractivity contribution < 1.29 is 9.90 Å². The molecule has 22 heavy (non-hydrogen) atoms. The molecule has 1 heterocycles. The molecule has 0 aliphatic rings. The molecule has 0 amide bonds. The van der Waals surface area contributed by atoms with Crippen LogP contribution in [0.15, 0.2) is 36.5 Å². The van der Waals surface area contributed by atoms with E-state index in [-0.39, 0.29) is 5.41 Å². The standard InChI is InChI=1S/C10H10N2.C8H16O2/c11-7-8-3-4-10-9(6-8)2-1-5-12-10;1-8(2,3)6-4-5-7(9)10/h1-6H,7,11H2;4-6H2,1-3H3,(H,9,10). The average molecular weight is 302 g/mol. The van der Waals surface area contributed by atoms with E-state index in [9.17, 15) is 4.79 Å².